The van der Waals surface area contributed by atoms with Crippen molar-refractivity contribution in [2.24, 2.45) is 0 Å². The molecule has 15 heavy (non-hydrogen) atoms. The highest BCUT2D eigenvalue weighted by molar-refractivity contribution is 14.1. The molecule has 2 aromatic rings. The zero-order valence-corrected chi connectivity index (χ0v) is 11.0. The Morgan fingerprint density at radius 2 is 2.27 bits per heavy atom. The smallest absolute Gasteiger partial charge is 0.191 e. The summed E-state index contributed by atoms with van der Waals surface area (Å²) in [6.07, 6.45) is 1.63. The number of alkyl halides is 1. The van der Waals surface area contributed by atoms with Crippen LogP contribution in [0.4, 0.5) is 0 Å². The van der Waals surface area contributed by atoms with Crippen molar-refractivity contribution in [2.45, 2.75) is 11.4 Å². The average molecular weight is 334 g/mol. The Kier molecular flexibility index (Phi) is 3.31. The van der Waals surface area contributed by atoms with Gasteiger partial charge in [0.25, 0.3) is 0 Å². The Balaban J connectivity index is 2.51. The van der Waals surface area contributed by atoms with E-state index in [2.05, 4.69) is 27.6 Å². The fraction of sp³-hybridized carbons (Fsp3) is 0.182. The lowest BCUT2D eigenvalue weighted by molar-refractivity contribution is 0.521. The van der Waals surface area contributed by atoms with E-state index in [1.165, 1.54) is 5.56 Å². The van der Waals surface area contributed by atoms with Crippen LogP contribution in [0.15, 0.2) is 28.9 Å². The minimum atomic E-state index is 0.654. The van der Waals surface area contributed by atoms with Crippen molar-refractivity contribution in [2.75, 3.05) is 0 Å². The number of benzene rings is 1. The summed E-state index contributed by atoms with van der Waals surface area (Å²) >= 11 is 8.43. The second-order valence-corrected chi connectivity index (χ2v) is 4.37. The highest BCUT2D eigenvalue weighted by Gasteiger charge is 2.08. The second-order valence-electron chi connectivity index (χ2n) is 3.20. The summed E-state index contributed by atoms with van der Waals surface area (Å²) in [5, 5.41) is 0.705. The third kappa shape index (κ3) is 2.34. The van der Waals surface area contributed by atoms with Gasteiger partial charge in [-0.05, 0) is 17.7 Å². The van der Waals surface area contributed by atoms with E-state index in [9.17, 15) is 0 Å². The van der Waals surface area contributed by atoms with E-state index >= 15 is 0 Å². The lowest BCUT2D eigenvalue weighted by atomic mass is 10.1. The molecule has 0 amide bonds. The molecule has 0 atom stereocenters. The summed E-state index contributed by atoms with van der Waals surface area (Å²) in [7, 11) is 0. The molecule has 0 saturated carbocycles. The van der Waals surface area contributed by atoms with Gasteiger partial charge in [0.1, 0.15) is 12.0 Å². The lowest BCUT2D eigenvalue weighted by Gasteiger charge is -2.02. The number of aryl methyl sites for hydroxylation is 1. The fourth-order valence-electron chi connectivity index (χ4n) is 1.34. The summed E-state index contributed by atoms with van der Waals surface area (Å²) in [6.45, 7) is 1.82. The third-order valence-corrected chi connectivity index (χ3v) is 3.29. The molecule has 0 aliphatic rings. The normalized spacial score (nSPS) is 10.6. The van der Waals surface area contributed by atoms with E-state index in [1.54, 1.807) is 6.26 Å². The molecule has 1 heterocycles. The molecule has 1 aromatic heterocycles. The van der Waals surface area contributed by atoms with Gasteiger partial charge in [0.05, 0.1) is 5.02 Å². The maximum atomic E-state index is 6.11. The van der Waals surface area contributed by atoms with E-state index in [-0.39, 0.29) is 0 Å². The topological polar surface area (TPSA) is 26.0 Å². The summed E-state index contributed by atoms with van der Waals surface area (Å²) in [4.78, 5) is 4.26. The number of nitrogens with zero attached hydrogens (tertiary/aromatic N) is 1. The number of hydrogen-bond acceptors (Lipinski definition) is 2. The Bertz CT molecular complexity index is 481. The van der Waals surface area contributed by atoms with Gasteiger partial charge in [-0.25, -0.2) is 4.98 Å². The minimum absolute atomic E-state index is 0.654. The predicted molar refractivity (Wildman–Crippen MR) is 69.4 cm³/mol. The van der Waals surface area contributed by atoms with Crippen molar-refractivity contribution in [3.05, 3.63) is 40.9 Å². The molecule has 0 radical (unpaired) electrons. The van der Waals surface area contributed by atoms with Crippen molar-refractivity contribution < 1.29 is 4.42 Å². The van der Waals surface area contributed by atoms with Crippen molar-refractivity contribution in [1.82, 2.24) is 4.98 Å². The van der Waals surface area contributed by atoms with Crippen LogP contribution in [0.2, 0.25) is 5.02 Å². The molecule has 0 bridgehead atoms. The number of rotatable bonds is 2. The van der Waals surface area contributed by atoms with Gasteiger partial charge in [-0.3, -0.25) is 0 Å². The largest absolute Gasteiger partial charge is 0.449 e. The van der Waals surface area contributed by atoms with E-state index in [1.807, 2.05) is 25.1 Å². The molecule has 0 saturated heterocycles. The van der Waals surface area contributed by atoms with Gasteiger partial charge in [0, 0.05) is 16.9 Å². The van der Waals surface area contributed by atoms with Gasteiger partial charge in [-0.15, -0.1) is 0 Å². The predicted octanol–water partition coefficient (Wildman–Crippen LogP) is 4.24. The molecule has 0 unspecified atom stereocenters. The Morgan fingerprint density at radius 3 is 2.87 bits per heavy atom. The number of halogens is 2. The summed E-state index contributed by atoms with van der Waals surface area (Å²) < 4.78 is 6.13. The number of aromatic nitrogens is 1. The van der Waals surface area contributed by atoms with Crippen LogP contribution in [0, 0.1) is 6.92 Å². The van der Waals surface area contributed by atoms with Crippen molar-refractivity contribution >= 4 is 34.2 Å². The average Bonchev–Trinajstić information content (AvgIpc) is 2.65. The standard InChI is InChI=1S/C11H9ClINO/c1-7-14-11(6-15-7)9-4-8(5-13)2-3-10(9)12/h2-4,6H,5H2,1H3. The van der Waals surface area contributed by atoms with Gasteiger partial charge in [0.2, 0.25) is 0 Å². The molecule has 2 nitrogen and oxygen atoms in total. The first-order chi connectivity index (χ1) is 7.20. The van der Waals surface area contributed by atoms with Crippen LogP contribution in [-0.4, -0.2) is 4.98 Å². The Hall–Kier alpha value is -0.550. The monoisotopic (exact) mass is 333 g/mol. The van der Waals surface area contributed by atoms with Crippen molar-refractivity contribution in [3.63, 3.8) is 0 Å². The van der Waals surface area contributed by atoms with Crippen molar-refractivity contribution in [1.29, 1.82) is 0 Å². The molecule has 78 valence electrons. The number of oxazole rings is 1. The molecule has 2 rings (SSSR count). The Labute approximate surface area is 107 Å². The van der Waals surface area contributed by atoms with Crippen LogP contribution >= 0.6 is 34.2 Å². The summed E-state index contributed by atoms with van der Waals surface area (Å²) in [5.74, 6) is 0.654. The first-order valence-electron chi connectivity index (χ1n) is 4.47. The summed E-state index contributed by atoms with van der Waals surface area (Å²) in [6, 6.07) is 5.96. The van der Waals surface area contributed by atoms with Gasteiger partial charge >= 0.3 is 0 Å². The van der Waals surface area contributed by atoms with E-state index in [0.29, 0.717) is 10.9 Å². The molecule has 0 aliphatic carbocycles. The van der Waals surface area contributed by atoms with Crippen LogP contribution in [-0.2, 0) is 4.43 Å². The zero-order chi connectivity index (χ0) is 10.8. The van der Waals surface area contributed by atoms with Crippen molar-refractivity contribution in [3.8, 4) is 11.3 Å². The maximum Gasteiger partial charge on any atom is 0.191 e. The molecular weight excluding hydrogens is 324 g/mol. The quantitative estimate of drug-likeness (QED) is 0.607. The highest BCUT2D eigenvalue weighted by Crippen LogP contribution is 2.28. The molecule has 0 spiro atoms. The van der Waals surface area contributed by atoms with Crippen LogP contribution in [0.3, 0.4) is 0 Å². The minimum Gasteiger partial charge on any atom is -0.449 e. The Morgan fingerprint density at radius 1 is 1.47 bits per heavy atom. The van der Waals surface area contributed by atoms with Gasteiger partial charge in [0.15, 0.2) is 5.89 Å². The van der Waals surface area contributed by atoms with Crippen LogP contribution in [0.1, 0.15) is 11.5 Å². The molecule has 1 aromatic carbocycles. The lowest BCUT2D eigenvalue weighted by Crippen LogP contribution is -1.84. The SMILES string of the molecule is Cc1nc(-c2cc(CI)ccc2Cl)co1. The van der Waals surface area contributed by atoms with E-state index < -0.39 is 0 Å². The zero-order valence-electron chi connectivity index (χ0n) is 8.13. The van der Waals surface area contributed by atoms with Crippen LogP contribution in [0.5, 0.6) is 0 Å². The second kappa shape index (κ2) is 4.53. The van der Waals surface area contributed by atoms with E-state index in [4.69, 9.17) is 16.0 Å². The molecule has 0 fully saturated rings. The molecule has 4 heteroatoms. The maximum absolute atomic E-state index is 6.11. The van der Waals surface area contributed by atoms with Crippen LogP contribution < -0.4 is 0 Å². The highest BCUT2D eigenvalue weighted by atomic mass is 127. The third-order valence-electron chi connectivity index (χ3n) is 2.08. The first-order valence-corrected chi connectivity index (χ1v) is 6.38. The van der Waals surface area contributed by atoms with E-state index in [0.717, 1.165) is 15.7 Å². The first kappa shape index (κ1) is 11.0. The summed E-state index contributed by atoms with van der Waals surface area (Å²) in [5.41, 5.74) is 2.96. The molecule has 0 N–H and O–H groups in total. The van der Waals surface area contributed by atoms with Crippen LogP contribution in [0.25, 0.3) is 11.3 Å². The molecular formula is C11H9ClINO. The molecule has 0 aliphatic heterocycles. The van der Waals surface area contributed by atoms with Gasteiger partial charge < -0.3 is 4.42 Å². The van der Waals surface area contributed by atoms with Gasteiger partial charge in [-0.1, -0.05) is 40.3 Å². The fourth-order valence-corrected chi connectivity index (χ4v) is 2.03. The van der Waals surface area contributed by atoms with Gasteiger partial charge in [-0.2, -0.15) is 0 Å². The number of hydrogen-bond donors (Lipinski definition) is 0.